The molecule has 2 aliphatic heterocycles. The van der Waals surface area contributed by atoms with Crippen molar-refractivity contribution in [2.45, 2.75) is 38.8 Å². The van der Waals surface area contributed by atoms with Gasteiger partial charge in [0.1, 0.15) is 11.5 Å². The molecule has 172 valence electrons. The van der Waals surface area contributed by atoms with Gasteiger partial charge in [0, 0.05) is 17.9 Å². The van der Waals surface area contributed by atoms with Crippen molar-refractivity contribution in [3.63, 3.8) is 0 Å². The van der Waals surface area contributed by atoms with Crippen molar-refractivity contribution in [2.75, 3.05) is 16.8 Å². The number of amides is 2. The summed E-state index contributed by atoms with van der Waals surface area (Å²) in [6.45, 7) is 3.79. The highest BCUT2D eigenvalue weighted by Gasteiger charge is 2.47. The van der Waals surface area contributed by atoms with E-state index in [4.69, 9.17) is 11.6 Å². The number of Topliss-reactive ketones (excluding diaryl/α,β-unsaturated/α-hetero) is 1. The van der Waals surface area contributed by atoms with Crippen LogP contribution in [0.1, 0.15) is 45.4 Å². The van der Waals surface area contributed by atoms with Crippen molar-refractivity contribution in [3.05, 3.63) is 51.6 Å². The standard InChI is InChI=1S/C21H23ClFN3O5S/c1-11-16(18(27)20(29)25-21(2)9-32(30,31)10-21)15-4-3-7-26(15)17(11)19(28)24-12-5-6-14(23)13(22)8-12/h5-6,8,30-31H,3-4,7,9-10H2,1-2H3,(H,24,28)(H,25,29). The second kappa shape index (κ2) is 7.87. The molecule has 1 aromatic carbocycles. The van der Waals surface area contributed by atoms with E-state index >= 15 is 0 Å². The van der Waals surface area contributed by atoms with Crippen molar-refractivity contribution in [1.29, 1.82) is 0 Å². The van der Waals surface area contributed by atoms with Crippen molar-refractivity contribution < 1.29 is 27.9 Å². The van der Waals surface area contributed by atoms with Gasteiger partial charge in [0.2, 0.25) is 0 Å². The number of benzene rings is 1. The molecule has 2 amide bonds. The Hall–Kier alpha value is -2.40. The van der Waals surface area contributed by atoms with Gasteiger partial charge < -0.3 is 15.2 Å². The Morgan fingerprint density at radius 1 is 1.25 bits per heavy atom. The van der Waals surface area contributed by atoms with E-state index in [1.807, 2.05) is 0 Å². The molecule has 0 radical (unpaired) electrons. The van der Waals surface area contributed by atoms with Crippen LogP contribution in [0.3, 0.4) is 0 Å². The molecule has 0 atom stereocenters. The summed E-state index contributed by atoms with van der Waals surface area (Å²) in [5.41, 5.74) is 0.901. The van der Waals surface area contributed by atoms with Crippen LogP contribution in [-0.2, 0) is 17.8 Å². The minimum atomic E-state index is -2.70. The van der Waals surface area contributed by atoms with Gasteiger partial charge in [0.15, 0.2) is 0 Å². The first-order valence-corrected chi connectivity index (χ1v) is 12.3. The van der Waals surface area contributed by atoms with Gasteiger partial charge in [-0.25, -0.2) is 4.39 Å². The van der Waals surface area contributed by atoms with Gasteiger partial charge >= 0.3 is 0 Å². The summed E-state index contributed by atoms with van der Waals surface area (Å²) in [6.07, 6.45) is 1.27. The predicted molar refractivity (Wildman–Crippen MR) is 120 cm³/mol. The summed E-state index contributed by atoms with van der Waals surface area (Å²) in [7, 11) is -2.70. The maximum Gasteiger partial charge on any atom is 0.292 e. The molecule has 0 bridgehead atoms. The molecule has 1 aromatic heterocycles. The van der Waals surface area contributed by atoms with Crippen LogP contribution < -0.4 is 10.6 Å². The maximum absolute atomic E-state index is 13.4. The van der Waals surface area contributed by atoms with Gasteiger partial charge in [-0.3, -0.25) is 23.5 Å². The third kappa shape index (κ3) is 4.03. The van der Waals surface area contributed by atoms with E-state index in [9.17, 15) is 27.9 Å². The Balaban J connectivity index is 1.60. The van der Waals surface area contributed by atoms with Crippen LogP contribution >= 0.6 is 22.2 Å². The van der Waals surface area contributed by atoms with Gasteiger partial charge in [-0.2, -0.15) is 10.6 Å². The normalized spacial score (nSPS) is 18.9. The largest absolute Gasteiger partial charge is 0.341 e. The molecule has 11 heteroatoms. The van der Waals surface area contributed by atoms with Gasteiger partial charge in [-0.1, -0.05) is 11.6 Å². The average Bonchev–Trinajstić information content (AvgIpc) is 3.21. The monoisotopic (exact) mass is 483 g/mol. The third-order valence-corrected chi connectivity index (χ3v) is 8.24. The molecule has 0 spiro atoms. The summed E-state index contributed by atoms with van der Waals surface area (Å²) >= 11 is 5.79. The number of hydrogen-bond donors (Lipinski definition) is 4. The molecule has 0 unspecified atom stereocenters. The molecule has 2 aliphatic rings. The lowest BCUT2D eigenvalue weighted by molar-refractivity contribution is -0.118. The zero-order chi connectivity index (χ0) is 23.4. The number of nitrogens with one attached hydrogen (secondary N) is 2. The van der Waals surface area contributed by atoms with Crippen LogP contribution in [0.2, 0.25) is 5.02 Å². The fourth-order valence-corrected chi connectivity index (χ4v) is 6.85. The van der Waals surface area contributed by atoms with Crippen molar-refractivity contribution in [1.82, 2.24) is 9.88 Å². The van der Waals surface area contributed by atoms with Crippen molar-refractivity contribution in [2.24, 2.45) is 0 Å². The second-order valence-electron chi connectivity index (χ2n) is 8.57. The summed E-state index contributed by atoms with van der Waals surface area (Å²) < 4.78 is 34.4. The molecule has 1 saturated heterocycles. The minimum absolute atomic E-state index is 0.000241. The van der Waals surface area contributed by atoms with Gasteiger partial charge in [-0.15, -0.1) is 0 Å². The van der Waals surface area contributed by atoms with Crippen LogP contribution in [0.25, 0.3) is 0 Å². The van der Waals surface area contributed by atoms with E-state index in [1.165, 1.54) is 12.1 Å². The molecule has 0 aliphatic carbocycles. The molecule has 8 nitrogen and oxygen atoms in total. The SMILES string of the molecule is Cc1c(C(=O)C(=O)NC2(C)CS(O)(O)C2)c2n(c1C(=O)Nc1ccc(F)c(Cl)c1)CCC2. The molecule has 2 aromatic rings. The first-order valence-electron chi connectivity index (χ1n) is 9.99. The van der Waals surface area contributed by atoms with E-state index < -0.39 is 39.5 Å². The molecule has 1 fully saturated rings. The lowest BCUT2D eigenvalue weighted by atomic mass is 10.0. The number of anilines is 1. The van der Waals surface area contributed by atoms with Crippen LogP contribution in [0.15, 0.2) is 18.2 Å². The zero-order valence-electron chi connectivity index (χ0n) is 17.5. The Morgan fingerprint density at radius 2 is 1.94 bits per heavy atom. The van der Waals surface area contributed by atoms with Crippen molar-refractivity contribution in [3.8, 4) is 0 Å². The number of halogens is 2. The zero-order valence-corrected chi connectivity index (χ0v) is 19.1. The number of hydrogen-bond acceptors (Lipinski definition) is 5. The van der Waals surface area contributed by atoms with Crippen LogP contribution in [0, 0.1) is 12.7 Å². The maximum atomic E-state index is 13.4. The topological polar surface area (TPSA) is 121 Å². The van der Waals surface area contributed by atoms with Crippen LogP contribution in [0.4, 0.5) is 10.1 Å². The van der Waals surface area contributed by atoms with E-state index in [1.54, 1.807) is 18.4 Å². The Labute approximate surface area is 190 Å². The minimum Gasteiger partial charge on any atom is -0.341 e. The Kier molecular flexibility index (Phi) is 5.61. The highest BCUT2D eigenvalue weighted by atomic mass is 35.5. The summed E-state index contributed by atoms with van der Waals surface area (Å²) in [5.74, 6) is -2.71. The fraction of sp³-hybridized carbons (Fsp3) is 0.381. The number of aromatic nitrogens is 1. The Bertz CT molecular complexity index is 1150. The average molecular weight is 484 g/mol. The predicted octanol–water partition coefficient (Wildman–Crippen LogP) is 3.61. The first-order chi connectivity index (χ1) is 14.9. The van der Waals surface area contributed by atoms with E-state index in [-0.39, 0.29) is 27.8 Å². The van der Waals surface area contributed by atoms with Crippen molar-refractivity contribution >= 4 is 45.5 Å². The summed E-state index contributed by atoms with van der Waals surface area (Å²) in [5, 5.41) is 5.14. The van der Waals surface area contributed by atoms with Crippen LogP contribution in [-0.4, -0.2) is 48.3 Å². The van der Waals surface area contributed by atoms with Gasteiger partial charge in [-0.05, 0) is 50.5 Å². The lowest BCUT2D eigenvalue weighted by Gasteiger charge is -2.54. The Morgan fingerprint density at radius 3 is 2.56 bits per heavy atom. The smallest absolute Gasteiger partial charge is 0.292 e. The third-order valence-electron chi connectivity index (χ3n) is 5.75. The quantitative estimate of drug-likeness (QED) is 0.382. The number of fused-ring (bicyclic) bond motifs is 1. The number of carbonyl (C=O) groups excluding carboxylic acids is 3. The molecular formula is C21H23ClFN3O5S. The summed E-state index contributed by atoms with van der Waals surface area (Å²) in [4.78, 5) is 38.7. The van der Waals surface area contributed by atoms with Crippen LogP contribution in [0.5, 0.6) is 0 Å². The number of nitrogens with zero attached hydrogens (tertiary/aromatic N) is 1. The molecule has 4 N–H and O–H groups in total. The van der Waals surface area contributed by atoms with Gasteiger partial charge in [0.25, 0.3) is 17.6 Å². The summed E-state index contributed by atoms with van der Waals surface area (Å²) in [6, 6.07) is 3.81. The number of rotatable bonds is 5. The molecular weight excluding hydrogens is 461 g/mol. The highest BCUT2D eigenvalue weighted by molar-refractivity contribution is 8.25. The molecule has 4 rings (SSSR count). The lowest BCUT2D eigenvalue weighted by Crippen LogP contribution is -2.62. The fourth-order valence-electron chi connectivity index (χ4n) is 4.57. The second-order valence-corrected chi connectivity index (χ2v) is 11.2. The van der Waals surface area contributed by atoms with E-state index in [0.717, 1.165) is 12.5 Å². The number of ketones is 1. The molecule has 3 heterocycles. The highest BCUT2D eigenvalue weighted by Crippen LogP contribution is 2.53. The van der Waals surface area contributed by atoms with Gasteiger partial charge in [0.05, 0.1) is 27.6 Å². The molecule has 32 heavy (non-hydrogen) atoms. The first kappa shape index (κ1) is 22.8. The van der Waals surface area contributed by atoms with E-state index in [2.05, 4.69) is 10.6 Å². The van der Waals surface area contributed by atoms with E-state index in [0.29, 0.717) is 29.9 Å². The number of carbonyl (C=O) groups is 3. The molecule has 0 saturated carbocycles.